The first-order valence-electron chi connectivity index (χ1n) is 3.92. The van der Waals surface area contributed by atoms with Gasteiger partial charge in [0.05, 0.1) is 6.20 Å². The normalized spacial score (nSPS) is 10.6. The van der Waals surface area contributed by atoms with E-state index in [9.17, 15) is 4.39 Å². The van der Waals surface area contributed by atoms with Gasteiger partial charge < -0.3 is 5.11 Å². The summed E-state index contributed by atoms with van der Waals surface area (Å²) in [5.41, 5.74) is 1.11. The van der Waals surface area contributed by atoms with E-state index in [1.807, 2.05) is 0 Å². The van der Waals surface area contributed by atoms with Gasteiger partial charge >= 0.3 is 0 Å². The highest BCUT2D eigenvalue weighted by Crippen LogP contribution is 2.20. The summed E-state index contributed by atoms with van der Waals surface area (Å²) in [7, 11) is 0. The Labute approximate surface area is 74.7 Å². The first-order chi connectivity index (χ1) is 6.16. The van der Waals surface area contributed by atoms with Crippen molar-refractivity contribution in [2.24, 2.45) is 0 Å². The summed E-state index contributed by atoms with van der Waals surface area (Å²) in [6.45, 7) is 1.80. The average molecular weight is 177 g/mol. The van der Waals surface area contributed by atoms with Gasteiger partial charge in [-0.1, -0.05) is 0 Å². The summed E-state index contributed by atoms with van der Waals surface area (Å²) < 4.78 is 13.2. The Kier molecular flexibility index (Phi) is 1.65. The fraction of sp³-hybridized carbons (Fsp3) is 0.100. The average Bonchev–Trinajstić information content (AvgIpc) is 2.02. The number of aromatic hydroxyl groups is 1. The first kappa shape index (κ1) is 7.98. The maximum atomic E-state index is 13.2. The van der Waals surface area contributed by atoms with Crippen LogP contribution < -0.4 is 0 Å². The van der Waals surface area contributed by atoms with Crippen molar-refractivity contribution in [1.29, 1.82) is 0 Å². The van der Waals surface area contributed by atoms with Crippen molar-refractivity contribution in [3.05, 3.63) is 35.8 Å². The standard InChI is InChI=1S/C10H8FNO/c1-6-2-7-4-8(13)5-12-10(7)9(11)3-6/h2-5,13H,1H3. The number of rotatable bonds is 0. The molecule has 66 valence electrons. The third kappa shape index (κ3) is 1.33. The third-order valence-electron chi connectivity index (χ3n) is 1.87. The first-order valence-corrected chi connectivity index (χ1v) is 3.92. The van der Waals surface area contributed by atoms with Crippen LogP contribution in [0, 0.1) is 12.7 Å². The second-order valence-electron chi connectivity index (χ2n) is 3.01. The van der Waals surface area contributed by atoms with Gasteiger partial charge in [0, 0.05) is 5.39 Å². The Morgan fingerprint density at radius 2 is 2.08 bits per heavy atom. The van der Waals surface area contributed by atoms with Gasteiger partial charge in [-0.25, -0.2) is 9.37 Å². The summed E-state index contributed by atoms with van der Waals surface area (Å²) in [5, 5.41) is 9.75. The molecule has 0 fully saturated rings. The van der Waals surface area contributed by atoms with Gasteiger partial charge in [-0.2, -0.15) is 0 Å². The van der Waals surface area contributed by atoms with Crippen molar-refractivity contribution in [2.75, 3.05) is 0 Å². The number of aryl methyl sites for hydroxylation is 1. The van der Waals surface area contributed by atoms with Gasteiger partial charge in [0.1, 0.15) is 17.1 Å². The molecule has 1 N–H and O–H groups in total. The maximum Gasteiger partial charge on any atom is 0.149 e. The van der Waals surface area contributed by atoms with E-state index in [1.165, 1.54) is 18.3 Å². The summed E-state index contributed by atoms with van der Waals surface area (Å²) in [6.07, 6.45) is 1.24. The lowest BCUT2D eigenvalue weighted by atomic mass is 10.1. The van der Waals surface area contributed by atoms with Crippen molar-refractivity contribution in [3.8, 4) is 5.75 Å². The number of aromatic nitrogens is 1. The Morgan fingerprint density at radius 3 is 2.85 bits per heavy atom. The fourth-order valence-corrected chi connectivity index (χ4v) is 1.33. The number of pyridine rings is 1. The number of fused-ring (bicyclic) bond motifs is 1. The number of hydrogen-bond donors (Lipinski definition) is 1. The molecule has 0 aliphatic carbocycles. The van der Waals surface area contributed by atoms with Crippen LogP contribution in [0.4, 0.5) is 4.39 Å². The quantitative estimate of drug-likeness (QED) is 0.670. The molecular weight excluding hydrogens is 169 g/mol. The Hall–Kier alpha value is -1.64. The summed E-state index contributed by atoms with van der Waals surface area (Å²) in [4.78, 5) is 3.80. The molecule has 0 bridgehead atoms. The molecule has 2 rings (SSSR count). The minimum atomic E-state index is -0.352. The molecule has 1 aromatic heterocycles. The van der Waals surface area contributed by atoms with Crippen LogP contribution in [0.25, 0.3) is 10.9 Å². The van der Waals surface area contributed by atoms with Crippen LogP contribution in [0.15, 0.2) is 24.4 Å². The Bertz CT molecular complexity index is 462. The van der Waals surface area contributed by atoms with Crippen molar-refractivity contribution >= 4 is 10.9 Å². The second kappa shape index (κ2) is 2.69. The summed E-state index contributed by atoms with van der Waals surface area (Å²) in [5.74, 6) is -0.299. The van der Waals surface area contributed by atoms with Crippen LogP contribution in [0.3, 0.4) is 0 Å². The SMILES string of the molecule is Cc1cc(F)c2ncc(O)cc2c1. The maximum absolute atomic E-state index is 13.2. The topological polar surface area (TPSA) is 33.1 Å². The lowest BCUT2D eigenvalue weighted by Crippen LogP contribution is -1.85. The van der Waals surface area contributed by atoms with Gasteiger partial charge in [0.25, 0.3) is 0 Å². The number of benzene rings is 1. The lowest BCUT2D eigenvalue weighted by Gasteiger charge is -2.00. The predicted octanol–water partition coefficient (Wildman–Crippen LogP) is 2.39. The van der Waals surface area contributed by atoms with Gasteiger partial charge in [-0.3, -0.25) is 0 Å². The fourth-order valence-electron chi connectivity index (χ4n) is 1.33. The van der Waals surface area contributed by atoms with Crippen molar-refractivity contribution in [1.82, 2.24) is 4.98 Å². The molecule has 2 nitrogen and oxygen atoms in total. The van der Waals surface area contributed by atoms with Crippen LogP contribution >= 0.6 is 0 Å². The van der Waals surface area contributed by atoms with Gasteiger partial charge in [-0.05, 0) is 30.7 Å². The lowest BCUT2D eigenvalue weighted by molar-refractivity contribution is 0.473. The number of hydrogen-bond acceptors (Lipinski definition) is 2. The Morgan fingerprint density at radius 1 is 1.31 bits per heavy atom. The molecule has 0 spiro atoms. The largest absolute Gasteiger partial charge is 0.506 e. The highest BCUT2D eigenvalue weighted by Gasteiger charge is 2.03. The van der Waals surface area contributed by atoms with E-state index in [1.54, 1.807) is 13.0 Å². The van der Waals surface area contributed by atoms with Crippen LogP contribution in [-0.2, 0) is 0 Å². The second-order valence-corrected chi connectivity index (χ2v) is 3.01. The van der Waals surface area contributed by atoms with Crippen molar-refractivity contribution in [2.45, 2.75) is 6.92 Å². The number of halogens is 1. The van der Waals surface area contributed by atoms with E-state index in [2.05, 4.69) is 4.98 Å². The van der Waals surface area contributed by atoms with Gasteiger partial charge in [-0.15, -0.1) is 0 Å². The number of nitrogens with zero attached hydrogens (tertiary/aromatic N) is 1. The highest BCUT2D eigenvalue weighted by atomic mass is 19.1. The van der Waals surface area contributed by atoms with Crippen molar-refractivity contribution < 1.29 is 9.50 Å². The molecule has 1 heterocycles. The zero-order valence-electron chi connectivity index (χ0n) is 7.08. The van der Waals surface area contributed by atoms with Crippen LogP contribution in [-0.4, -0.2) is 10.1 Å². The molecule has 2 aromatic rings. The third-order valence-corrected chi connectivity index (χ3v) is 1.87. The highest BCUT2D eigenvalue weighted by molar-refractivity contribution is 5.80. The van der Waals surface area contributed by atoms with E-state index in [0.29, 0.717) is 10.9 Å². The molecule has 3 heteroatoms. The smallest absolute Gasteiger partial charge is 0.149 e. The van der Waals surface area contributed by atoms with Gasteiger partial charge in [0.2, 0.25) is 0 Å². The molecule has 0 saturated heterocycles. The van der Waals surface area contributed by atoms with Crippen LogP contribution in [0.5, 0.6) is 5.75 Å². The molecule has 0 unspecified atom stereocenters. The monoisotopic (exact) mass is 177 g/mol. The molecule has 0 atom stereocenters. The zero-order valence-corrected chi connectivity index (χ0v) is 7.08. The molecule has 0 saturated carbocycles. The molecule has 0 radical (unpaired) electrons. The van der Waals surface area contributed by atoms with Gasteiger partial charge in [0.15, 0.2) is 0 Å². The molecule has 1 aromatic carbocycles. The zero-order chi connectivity index (χ0) is 9.42. The van der Waals surface area contributed by atoms with Crippen LogP contribution in [0.1, 0.15) is 5.56 Å². The predicted molar refractivity (Wildman–Crippen MR) is 48.1 cm³/mol. The summed E-state index contributed by atoms with van der Waals surface area (Å²) in [6, 6.07) is 4.70. The van der Waals surface area contributed by atoms with Crippen LogP contribution in [0.2, 0.25) is 0 Å². The van der Waals surface area contributed by atoms with E-state index in [-0.39, 0.29) is 11.6 Å². The van der Waals surface area contributed by atoms with Crippen molar-refractivity contribution in [3.63, 3.8) is 0 Å². The van der Waals surface area contributed by atoms with E-state index in [0.717, 1.165) is 5.56 Å². The van der Waals surface area contributed by atoms with E-state index in [4.69, 9.17) is 5.11 Å². The minimum absolute atomic E-state index is 0.0532. The molecular formula is C10H8FNO. The molecule has 0 aliphatic heterocycles. The van der Waals surface area contributed by atoms with E-state index < -0.39 is 0 Å². The minimum Gasteiger partial charge on any atom is -0.506 e. The summed E-state index contributed by atoms with van der Waals surface area (Å²) >= 11 is 0. The molecule has 0 amide bonds. The van der Waals surface area contributed by atoms with E-state index >= 15 is 0 Å². The molecule has 13 heavy (non-hydrogen) atoms. The molecule has 0 aliphatic rings. The Balaban J connectivity index is 2.86.